The number of amides is 2. The summed E-state index contributed by atoms with van der Waals surface area (Å²) in [5, 5.41) is 5.48. The molecule has 166 valence electrons. The number of benzene rings is 1. The van der Waals surface area contributed by atoms with Crippen LogP contribution in [0.5, 0.6) is 0 Å². The zero-order chi connectivity index (χ0) is 23.0. The fourth-order valence-corrected chi connectivity index (χ4v) is 3.43. The Morgan fingerprint density at radius 1 is 1.06 bits per heavy atom. The van der Waals surface area contributed by atoms with Crippen molar-refractivity contribution < 1.29 is 9.59 Å². The highest BCUT2D eigenvalue weighted by atomic mass is 16.2. The quantitative estimate of drug-likeness (QED) is 0.573. The van der Waals surface area contributed by atoms with Gasteiger partial charge in [-0.2, -0.15) is 0 Å². The summed E-state index contributed by atoms with van der Waals surface area (Å²) >= 11 is 0. The molecule has 0 atom stereocenters. The SMILES string of the molecule is C=CCNC(=O)c1cn(Cc2ccccc2)cc(C(=O)NCC(C)(C)CN(C)C)c1=O. The third-order valence-corrected chi connectivity index (χ3v) is 4.66. The Bertz CT molecular complexity index is 978. The first-order valence-electron chi connectivity index (χ1n) is 10.2. The smallest absolute Gasteiger partial charge is 0.257 e. The van der Waals surface area contributed by atoms with E-state index in [2.05, 4.69) is 17.2 Å². The number of carbonyl (C=O) groups is 2. The Morgan fingerprint density at radius 2 is 1.65 bits per heavy atom. The Balaban J connectivity index is 2.36. The van der Waals surface area contributed by atoms with E-state index in [1.165, 1.54) is 18.5 Å². The molecule has 0 aliphatic rings. The van der Waals surface area contributed by atoms with E-state index >= 15 is 0 Å². The van der Waals surface area contributed by atoms with Crippen LogP contribution in [0, 0.1) is 5.41 Å². The summed E-state index contributed by atoms with van der Waals surface area (Å²) in [6, 6.07) is 9.63. The van der Waals surface area contributed by atoms with Gasteiger partial charge in [0.1, 0.15) is 11.1 Å². The lowest BCUT2D eigenvalue weighted by Gasteiger charge is -2.28. The van der Waals surface area contributed by atoms with Crippen molar-refractivity contribution >= 4 is 11.8 Å². The topological polar surface area (TPSA) is 83.4 Å². The second-order valence-corrected chi connectivity index (χ2v) is 8.66. The average molecular weight is 425 g/mol. The average Bonchev–Trinajstić information content (AvgIpc) is 2.71. The van der Waals surface area contributed by atoms with E-state index in [9.17, 15) is 14.4 Å². The number of rotatable bonds is 10. The predicted octanol–water partition coefficient (Wildman–Crippen LogP) is 2.13. The third kappa shape index (κ3) is 7.22. The van der Waals surface area contributed by atoms with Crippen molar-refractivity contribution in [2.75, 3.05) is 33.7 Å². The number of aromatic nitrogens is 1. The zero-order valence-electron chi connectivity index (χ0n) is 18.8. The molecule has 31 heavy (non-hydrogen) atoms. The fraction of sp³-hybridized carbons (Fsp3) is 0.375. The lowest BCUT2D eigenvalue weighted by Crippen LogP contribution is -2.42. The van der Waals surface area contributed by atoms with Gasteiger partial charge in [0.15, 0.2) is 0 Å². The van der Waals surface area contributed by atoms with Gasteiger partial charge in [-0.05, 0) is 25.1 Å². The van der Waals surface area contributed by atoms with Crippen LogP contribution in [-0.4, -0.2) is 55.0 Å². The van der Waals surface area contributed by atoms with Crippen LogP contribution in [0.15, 0.2) is 60.2 Å². The van der Waals surface area contributed by atoms with Gasteiger partial charge < -0.3 is 20.1 Å². The molecular weight excluding hydrogens is 392 g/mol. The number of nitrogens with one attached hydrogen (secondary N) is 2. The van der Waals surface area contributed by atoms with Crippen molar-refractivity contribution in [2.24, 2.45) is 5.41 Å². The molecule has 0 unspecified atom stereocenters. The normalized spacial score (nSPS) is 11.3. The van der Waals surface area contributed by atoms with E-state index in [1.54, 1.807) is 4.57 Å². The molecule has 7 heteroatoms. The van der Waals surface area contributed by atoms with Crippen LogP contribution in [0.3, 0.4) is 0 Å². The fourth-order valence-electron chi connectivity index (χ4n) is 3.43. The maximum atomic E-state index is 13.0. The van der Waals surface area contributed by atoms with Crippen LogP contribution in [0.2, 0.25) is 0 Å². The van der Waals surface area contributed by atoms with E-state index in [4.69, 9.17) is 0 Å². The summed E-state index contributed by atoms with van der Waals surface area (Å²) in [6.07, 6.45) is 4.53. The van der Waals surface area contributed by atoms with E-state index in [0.717, 1.165) is 12.1 Å². The van der Waals surface area contributed by atoms with Crippen LogP contribution in [0.25, 0.3) is 0 Å². The summed E-state index contributed by atoms with van der Waals surface area (Å²) < 4.78 is 1.69. The molecule has 0 radical (unpaired) electrons. The molecule has 1 heterocycles. The maximum Gasteiger partial charge on any atom is 0.257 e. The van der Waals surface area contributed by atoms with Crippen molar-refractivity contribution in [2.45, 2.75) is 20.4 Å². The first-order chi connectivity index (χ1) is 14.6. The highest BCUT2D eigenvalue weighted by Crippen LogP contribution is 2.14. The minimum absolute atomic E-state index is 0.0529. The first-order valence-corrected chi connectivity index (χ1v) is 10.2. The molecule has 1 aromatic heterocycles. The zero-order valence-corrected chi connectivity index (χ0v) is 18.8. The predicted molar refractivity (Wildman–Crippen MR) is 123 cm³/mol. The van der Waals surface area contributed by atoms with E-state index in [1.807, 2.05) is 63.2 Å². The number of nitrogens with zero attached hydrogens (tertiary/aromatic N) is 2. The first kappa shape index (κ1) is 24.1. The molecule has 2 aromatic rings. The van der Waals surface area contributed by atoms with Gasteiger partial charge in [0.05, 0.1) is 0 Å². The van der Waals surface area contributed by atoms with Crippen molar-refractivity contribution in [3.05, 3.63) is 82.3 Å². The number of pyridine rings is 1. The summed E-state index contributed by atoms with van der Waals surface area (Å²) in [5.41, 5.74) is 0.0953. The van der Waals surface area contributed by atoms with Crippen molar-refractivity contribution in [3.63, 3.8) is 0 Å². The lowest BCUT2D eigenvalue weighted by atomic mass is 9.93. The maximum absolute atomic E-state index is 13.0. The Labute approximate surface area is 183 Å². The van der Waals surface area contributed by atoms with Gasteiger partial charge >= 0.3 is 0 Å². The molecule has 2 amide bonds. The van der Waals surface area contributed by atoms with Crippen LogP contribution < -0.4 is 16.1 Å². The van der Waals surface area contributed by atoms with E-state index in [-0.39, 0.29) is 23.1 Å². The van der Waals surface area contributed by atoms with Crippen LogP contribution >= 0.6 is 0 Å². The summed E-state index contributed by atoms with van der Waals surface area (Å²) in [7, 11) is 3.94. The van der Waals surface area contributed by atoms with Gasteiger partial charge in [0.25, 0.3) is 11.8 Å². The van der Waals surface area contributed by atoms with Crippen molar-refractivity contribution in [1.29, 1.82) is 0 Å². The van der Waals surface area contributed by atoms with Crippen LogP contribution in [0.1, 0.15) is 40.1 Å². The molecule has 0 aliphatic heterocycles. The van der Waals surface area contributed by atoms with Crippen LogP contribution in [-0.2, 0) is 6.54 Å². The Hall–Kier alpha value is -3.19. The standard InChI is InChI=1S/C24H32N4O3/c1-6-12-25-22(30)19-14-28(13-18-10-8-7-9-11-18)15-20(21(19)29)23(31)26-16-24(2,3)17-27(4)5/h6-11,14-15H,1,12-13,16-17H2,2-5H3,(H,25,30)(H,26,31). The monoisotopic (exact) mass is 424 g/mol. The van der Waals surface area contributed by atoms with Crippen LogP contribution in [0.4, 0.5) is 0 Å². The third-order valence-electron chi connectivity index (χ3n) is 4.66. The molecule has 0 spiro atoms. The van der Waals surface area contributed by atoms with E-state index in [0.29, 0.717) is 13.1 Å². The van der Waals surface area contributed by atoms with Crippen molar-refractivity contribution in [1.82, 2.24) is 20.1 Å². The highest BCUT2D eigenvalue weighted by Gasteiger charge is 2.23. The minimum Gasteiger partial charge on any atom is -0.351 e. The van der Waals surface area contributed by atoms with Gasteiger partial charge in [-0.25, -0.2) is 0 Å². The molecule has 0 saturated heterocycles. The number of hydrogen-bond donors (Lipinski definition) is 2. The molecule has 7 nitrogen and oxygen atoms in total. The molecule has 2 N–H and O–H groups in total. The molecule has 2 rings (SSSR count). The van der Waals surface area contributed by atoms with Crippen molar-refractivity contribution in [3.8, 4) is 0 Å². The Kier molecular flexibility index (Phi) is 8.33. The second kappa shape index (κ2) is 10.7. The Morgan fingerprint density at radius 3 is 2.19 bits per heavy atom. The largest absolute Gasteiger partial charge is 0.351 e. The molecule has 0 saturated carbocycles. The lowest BCUT2D eigenvalue weighted by molar-refractivity contribution is 0.0927. The molecule has 0 aliphatic carbocycles. The summed E-state index contributed by atoms with van der Waals surface area (Å²) in [4.78, 5) is 40.4. The molecular formula is C24H32N4O3. The number of hydrogen-bond acceptors (Lipinski definition) is 4. The van der Waals surface area contributed by atoms with E-state index < -0.39 is 17.2 Å². The second-order valence-electron chi connectivity index (χ2n) is 8.66. The molecule has 0 fully saturated rings. The van der Waals surface area contributed by atoms with Gasteiger partial charge in [0, 0.05) is 38.6 Å². The molecule has 0 bridgehead atoms. The molecule has 1 aromatic carbocycles. The van der Waals surface area contributed by atoms with Gasteiger partial charge in [-0.15, -0.1) is 6.58 Å². The highest BCUT2D eigenvalue weighted by molar-refractivity contribution is 5.99. The summed E-state index contributed by atoms with van der Waals surface area (Å²) in [5.74, 6) is -1.02. The minimum atomic E-state index is -0.589. The van der Waals surface area contributed by atoms with Gasteiger partial charge in [-0.1, -0.05) is 50.3 Å². The number of carbonyl (C=O) groups excluding carboxylic acids is 2. The summed E-state index contributed by atoms with van der Waals surface area (Å²) in [6.45, 7) is 9.48. The van der Waals surface area contributed by atoms with Gasteiger partial charge in [0.2, 0.25) is 5.43 Å². The van der Waals surface area contributed by atoms with Gasteiger partial charge in [-0.3, -0.25) is 14.4 Å².